The van der Waals surface area contributed by atoms with Gasteiger partial charge in [-0.3, -0.25) is 0 Å². The molecule has 1 aromatic rings. The van der Waals surface area contributed by atoms with E-state index in [2.05, 4.69) is 57.3 Å². The SMILES string of the molecule is CCNC(CCO)c1ccc(C(C)(C)C)cc1. The Bertz CT molecular complexity index is 318. The standard InChI is InChI=1S/C15H25NO/c1-5-16-14(10-11-17)12-6-8-13(9-7-12)15(2,3)4/h6-9,14,16-17H,5,10-11H2,1-4H3. The van der Waals surface area contributed by atoms with Crippen molar-refractivity contribution in [2.75, 3.05) is 13.2 Å². The zero-order valence-electron chi connectivity index (χ0n) is 11.5. The maximum atomic E-state index is 9.07. The third-order valence-corrected chi connectivity index (χ3v) is 3.05. The molecular formula is C15H25NO. The van der Waals surface area contributed by atoms with E-state index < -0.39 is 0 Å². The van der Waals surface area contributed by atoms with Crippen molar-refractivity contribution in [2.45, 2.75) is 45.6 Å². The minimum Gasteiger partial charge on any atom is -0.396 e. The second kappa shape index (κ2) is 6.18. The van der Waals surface area contributed by atoms with Crippen molar-refractivity contribution in [2.24, 2.45) is 0 Å². The summed E-state index contributed by atoms with van der Waals surface area (Å²) in [4.78, 5) is 0. The lowest BCUT2D eigenvalue weighted by Crippen LogP contribution is -2.22. The summed E-state index contributed by atoms with van der Waals surface area (Å²) < 4.78 is 0. The number of benzene rings is 1. The van der Waals surface area contributed by atoms with E-state index >= 15 is 0 Å². The van der Waals surface area contributed by atoms with Crippen molar-refractivity contribution in [1.29, 1.82) is 0 Å². The Kier molecular flexibility index (Phi) is 5.16. The summed E-state index contributed by atoms with van der Waals surface area (Å²) in [7, 11) is 0. The number of aliphatic hydroxyl groups excluding tert-OH is 1. The van der Waals surface area contributed by atoms with Gasteiger partial charge in [0.05, 0.1) is 0 Å². The summed E-state index contributed by atoms with van der Waals surface area (Å²) in [5.74, 6) is 0. The van der Waals surface area contributed by atoms with E-state index in [1.165, 1.54) is 11.1 Å². The van der Waals surface area contributed by atoms with Crippen LogP contribution in [0, 0.1) is 0 Å². The molecule has 0 fully saturated rings. The maximum Gasteiger partial charge on any atom is 0.0449 e. The van der Waals surface area contributed by atoms with Gasteiger partial charge in [-0.25, -0.2) is 0 Å². The monoisotopic (exact) mass is 235 g/mol. The van der Waals surface area contributed by atoms with Crippen molar-refractivity contribution in [3.8, 4) is 0 Å². The van der Waals surface area contributed by atoms with E-state index in [4.69, 9.17) is 5.11 Å². The van der Waals surface area contributed by atoms with Crippen LogP contribution in [0.3, 0.4) is 0 Å². The van der Waals surface area contributed by atoms with Crippen molar-refractivity contribution < 1.29 is 5.11 Å². The highest BCUT2D eigenvalue weighted by molar-refractivity contribution is 5.29. The van der Waals surface area contributed by atoms with Crippen LogP contribution in [0.5, 0.6) is 0 Å². The molecule has 0 heterocycles. The highest BCUT2D eigenvalue weighted by Gasteiger charge is 2.14. The molecule has 0 saturated carbocycles. The van der Waals surface area contributed by atoms with Crippen LogP contribution in [0.25, 0.3) is 0 Å². The van der Waals surface area contributed by atoms with Crippen LogP contribution in [-0.2, 0) is 5.41 Å². The molecule has 1 atom stereocenters. The Hall–Kier alpha value is -0.860. The van der Waals surface area contributed by atoms with E-state index in [0.717, 1.165) is 13.0 Å². The Labute approximate surface area is 105 Å². The van der Waals surface area contributed by atoms with E-state index in [1.807, 2.05) is 0 Å². The topological polar surface area (TPSA) is 32.3 Å². The summed E-state index contributed by atoms with van der Waals surface area (Å²) in [6.45, 7) is 9.89. The quantitative estimate of drug-likeness (QED) is 0.822. The molecule has 1 unspecified atom stereocenters. The van der Waals surface area contributed by atoms with Gasteiger partial charge in [-0.05, 0) is 29.5 Å². The molecule has 0 bridgehead atoms. The van der Waals surface area contributed by atoms with Gasteiger partial charge in [0.1, 0.15) is 0 Å². The summed E-state index contributed by atoms with van der Waals surface area (Å²) in [6, 6.07) is 8.99. The predicted octanol–water partition coefficient (Wildman–Crippen LogP) is 3.02. The minimum atomic E-state index is 0.198. The van der Waals surface area contributed by atoms with Gasteiger partial charge < -0.3 is 10.4 Å². The third-order valence-electron chi connectivity index (χ3n) is 3.05. The number of nitrogens with one attached hydrogen (secondary N) is 1. The van der Waals surface area contributed by atoms with Crippen LogP contribution in [0.2, 0.25) is 0 Å². The molecular weight excluding hydrogens is 210 g/mol. The van der Waals surface area contributed by atoms with E-state index in [0.29, 0.717) is 0 Å². The van der Waals surface area contributed by atoms with Crippen LogP contribution in [-0.4, -0.2) is 18.3 Å². The van der Waals surface area contributed by atoms with Crippen LogP contribution in [0.15, 0.2) is 24.3 Å². The van der Waals surface area contributed by atoms with Crippen LogP contribution >= 0.6 is 0 Å². The fraction of sp³-hybridized carbons (Fsp3) is 0.600. The van der Waals surface area contributed by atoms with E-state index in [1.54, 1.807) is 0 Å². The first-order chi connectivity index (χ1) is 7.99. The first-order valence-electron chi connectivity index (χ1n) is 6.43. The first-order valence-corrected chi connectivity index (χ1v) is 6.43. The number of aliphatic hydroxyl groups is 1. The Morgan fingerprint density at radius 2 is 1.76 bits per heavy atom. The van der Waals surface area contributed by atoms with Crippen LogP contribution in [0.4, 0.5) is 0 Å². The van der Waals surface area contributed by atoms with Crippen molar-refractivity contribution in [3.63, 3.8) is 0 Å². The summed E-state index contributed by atoms with van der Waals surface area (Å²) in [6.07, 6.45) is 0.767. The fourth-order valence-corrected chi connectivity index (χ4v) is 1.98. The molecule has 0 spiro atoms. The van der Waals surface area contributed by atoms with Gasteiger partial charge in [0.2, 0.25) is 0 Å². The molecule has 1 aromatic carbocycles. The molecule has 0 aliphatic carbocycles. The van der Waals surface area contributed by atoms with Gasteiger partial charge in [-0.15, -0.1) is 0 Å². The number of hydrogen-bond donors (Lipinski definition) is 2. The van der Waals surface area contributed by atoms with Crippen molar-refractivity contribution in [1.82, 2.24) is 5.32 Å². The Morgan fingerprint density at radius 3 is 2.18 bits per heavy atom. The summed E-state index contributed by atoms with van der Waals surface area (Å²) in [5.41, 5.74) is 2.80. The Morgan fingerprint density at radius 1 is 1.18 bits per heavy atom. The van der Waals surface area contributed by atoms with Gasteiger partial charge >= 0.3 is 0 Å². The molecule has 0 saturated heterocycles. The van der Waals surface area contributed by atoms with Gasteiger partial charge in [-0.2, -0.15) is 0 Å². The zero-order valence-corrected chi connectivity index (χ0v) is 11.5. The Balaban J connectivity index is 2.84. The summed E-state index contributed by atoms with van der Waals surface area (Å²) in [5, 5.41) is 12.5. The highest BCUT2D eigenvalue weighted by atomic mass is 16.3. The molecule has 2 heteroatoms. The van der Waals surface area contributed by atoms with Crippen molar-refractivity contribution >= 4 is 0 Å². The third kappa shape index (κ3) is 4.14. The van der Waals surface area contributed by atoms with Gasteiger partial charge in [0.25, 0.3) is 0 Å². The smallest absolute Gasteiger partial charge is 0.0449 e. The van der Waals surface area contributed by atoms with E-state index in [9.17, 15) is 0 Å². The second-order valence-corrected chi connectivity index (χ2v) is 5.49. The molecule has 0 aromatic heterocycles. The van der Waals surface area contributed by atoms with E-state index in [-0.39, 0.29) is 18.1 Å². The minimum absolute atomic E-state index is 0.198. The lowest BCUT2D eigenvalue weighted by molar-refractivity contribution is 0.266. The lowest BCUT2D eigenvalue weighted by atomic mass is 9.86. The fourth-order valence-electron chi connectivity index (χ4n) is 1.98. The number of hydrogen-bond acceptors (Lipinski definition) is 2. The number of rotatable bonds is 5. The molecule has 0 aliphatic rings. The molecule has 0 aliphatic heterocycles. The largest absolute Gasteiger partial charge is 0.396 e. The second-order valence-electron chi connectivity index (χ2n) is 5.49. The molecule has 2 nitrogen and oxygen atoms in total. The molecule has 2 N–H and O–H groups in total. The molecule has 17 heavy (non-hydrogen) atoms. The average molecular weight is 235 g/mol. The van der Waals surface area contributed by atoms with Gasteiger partial charge in [0.15, 0.2) is 0 Å². The summed E-state index contributed by atoms with van der Waals surface area (Å²) >= 11 is 0. The maximum absolute atomic E-state index is 9.07. The molecule has 96 valence electrons. The highest BCUT2D eigenvalue weighted by Crippen LogP contribution is 2.24. The first kappa shape index (κ1) is 14.2. The predicted molar refractivity (Wildman–Crippen MR) is 73.3 cm³/mol. The molecule has 0 amide bonds. The van der Waals surface area contributed by atoms with Crippen LogP contribution in [0.1, 0.15) is 51.3 Å². The zero-order chi connectivity index (χ0) is 12.9. The lowest BCUT2D eigenvalue weighted by Gasteiger charge is -2.21. The van der Waals surface area contributed by atoms with Gasteiger partial charge in [-0.1, -0.05) is 52.0 Å². The van der Waals surface area contributed by atoms with Gasteiger partial charge in [0, 0.05) is 12.6 Å². The normalized spacial score (nSPS) is 13.7. The molecule has 0 radical (unpaired) electrons. The average Bonchev–Trinajstić information content (AvgIpc) is 2.28. The van der Waals surface area contributed by atoms with Crippen LogP contribution < -0.4 is 5.32 Å². The van der Waals surface area contributed by atoms with Crippen molar-refractivity contribution in [3.05, 3.63) is 35.4 Å². The molecule has 1 rings (SSSR count).